The van der Waals surface area contributed by atoms with Gasteiger partial charge in [0.25, 0.3) is 5.89 Å². The maximum atomic E-state index is 11.5. The number of ether oxygens (including phenoxy) is 1. The Morgan fingerprint density at radius 3 is 2.83 bits per heavy atom. The zero-order chi connectivity index (χ0) is 24.9. The van der Waals surface area contributed by atoms with E-state index in [0.29, 0.717) is 28.6 Å². The fraction of sp³-hybridized carbons (Fsp3) is 0.448. The second-order valence-electron chi connectivity index (χ2n) is 11.0. The molecule has 184 valence electrons. The topological polar surface area (TPSA) is 92.2 Å². The number of benzene rings is 2. The van der Waals surface area contributed by atoms with E-state index in [1.807, 2.05) is 19.9 Å². The van der Waals surface area contributed by atoms with Crippen molar-refractivity contribution in [1.82, 2.24) is 15.0 Å². The van der Waals surface area contributed by atoms with Crippen molar-refractivity contribution >= 4 is 6.29 Å². The Labute approximate surface area is 211 Å². The third-order valence-corrected chi connectivity index (χ3v) is 8.09. The van der Waals surface area contributed by atoms with Gasteiger partial charge in [0, 0.05) is 35.0 Å². The molecule has 7 heteroatoms. The molecule has 0 N–H and O–H groups in total. The molecule has 0 radical (unpaired) electrons. The Morgan fingerprint density at radius 2 is 2.08 bits per heavy atom. The normalized spacial score (nSPS) is 22.1. The summed E-state index contributed by atoms with van der Waals surface area (Å²) in [6, 6.07) is 14.0. The number of aldehydes is 1. The summed E-state index contributed by atoms with van der Waals surface area (Å²) < 4.78 is 11.4. The molecule has 2 heterocycles. The Kier molecular flexibility index (Phi) is 5.45. The first-order valence-electron chi connectivity index (χ1n) is 12.8. The van der Waals surface area contributed by atoms with Crippen molar-refractivity contribution in [3.63, 3.8) is 0 Å². The number of hydrogen-bond donors (Lipinski definition) is 0. The lowest BCUT2D eigenvalue weighted by Gasteiger charge is -2.26. The molecule has 3 aliphatic rings. The average Bonchev–Trinajstić information content (AvgIpc) is 3.21. The van der Waals surface area contributed by atoms with E-state index in [0.717, 1.165) is 57.3 Å². The number of fused-ring (bicyclic) bond motifs is 2. The van der Waals surface area contributed by atoms with Gasteiger partial charge >= 0.3 is 0 Å². The molecule has 1 atom stereocenters. The van der Waals surface area contributed by atoms with Gasteiger partial charge in [-0.3, -0.25) is 0 Å². The number of rotatable bonds is 7. The molecule has 1 spiro atoms. The highest BCUT2D eigenvalue weighted by atomic mass is 16.5. The van der Waals surface area contributed by atoms with Crippen LogP contribution in [0.25, 0.3) is 22.8 Å². The van der Waals surface area contributed by atoms with Gasteiger partial charge in [-0.1, -0.05) is 23.4 Å². The number of nitrogens with zero attached hydrogens (tertiary/aromatic N) is 4. The summed E-state index contributed by atoms with van der Waals surface area (Å²) in [7, 11) is 0. The van der Waals surface area contributed by atoms with E-state index < -0.39 is 0 Å². The minimum Gasteiger partial charge on any atom is -0.490 e. The number of aromatic nitrogens is 2. The molecule has 1 aliphatic heterocycles. The standard InChI is InChI=1S/C29H30N4O3/c1-19(2)35-25-7-6-20(14-21(25)15-30)27-31-26(32-36-27)23-4-3-5-24-22(23)8-9-29(24)12-13-33(17-29)16-28(18-34)10-11-28/h3-7,14,18-19H,8-13,16-17H2,1-2H3. The van der Waals surface area contributed by atoms with Crippen LogP contribution < -0.4 is 4.74 Å². The Morgan fingerprint density at radius 1 is 1.22 bits per heavy atom. The fourth-order valence-corrected chi connectivity index (χ4v) is 6.05. The average molecular weight is 483 g/mol. The molecule has 2 aliphatic carbocycles. The van der Waals surface area contributed by atoms with Gasteiger partial charge < -0.3 is 19.0 Å². The molecule has 1 unspecified atom stereocenters. The molecule has 1 aromatic heterocycles. The lowest BCUT2D eigenvalue weighted by molar-refractivity contribution is -0.112. The van der Waals surface area contributed by atoms with Crippen molar-refractivity contribution < 1.29 is 14.1 Å². The van der Waals surface area contributed by atoms with Crippen LogP contribution in [-0.2, 0) is 16.6 Å². The smallest absolute Gasteiger partial charge is 0.258 e. The van der Waals surface area contributed by atoms with Crippen LogP contribution in [0.4, 0.5) is 0 Å². The van der Waals surface area contributed by atoms with Crippen molar-refractivity contribution in [2.24, 2.45) is 5.41 Å². The second kappa shape index (κ2) is 8.56. The molecule has 6 rings (SSSR count). The molecule has 3 aromatic rings. The predicted molar refractivity (Wildman–Crippen MR) is 134 cm³/mol. The van der Waals surface area contributed by atoms with Crippen LogP contribution in [0, 0.1) is 16.7 Å². The van der Waals surface area contributed by atoms with Crippen LogP contribution in [0.2, 0.25) is 0 Å². The molecule has 2 aromatic carbocycles. The SMILES string of the molecule is CC(C)Oc1ccc(-c2nc(-c3cccc4c3CCC43CCN(CC4(C=O)CC4)C3)no2)cc1C#N. The highest BCUT2D eigenvalue weighted by molar-refractivity contribution is 5.68. The van der Waals surface area contributed by atoms with Gasteiger partial charge in [-0.15, -0.1) is 0 Å². The number of likely N-dealkylation sites (tertiary alicyclic amines) is 1. The van der Waals surface area contributed by atoms with Gasteiger partial charge in [0.05, 0.1) is 11.7 Å². The highest BCUT2D eigenvalue weighted by Gasteiger charge is 2.49. The summed E-state index contributed by atoms with van der Waals surface area (Å²) >= 11 is 0. The van der Waals surface area contributed by atoms with Gasteiger partial charge in [0.2, 0.25) is 5.82 Å². The van der Waals surface area contributed by atoms with Gasteiger partial charge in [0.15, 0.2) is 0 Å². The van der Waals surface area contributed by atoms with E-state index >= 15 is 0 Å². The first kappa shape index (κ1) is 22.9. The Bertz CT molecular complexity index is 1370. The lowest BCUT2D eigenvalue weighted by Crippen LogP contribution is -2.33. The van der Waals surface area contributed by atoms with Gasteiger partial charge in [0.1, 0.15) is 18.1 Å². The lowest BCUT2D eigenvalue weighted by atomic mass is 9.81. The monoisotopic (exact) mass is 482 g/mol. The molecule has 0 amide bonds. The second-order valence-corrected chi connectivity index (χ2v) is 11.0. The van der Waals surface area contributed by atoms with Gasteiger partial charge in [-0.05, 0) is 81.8 Å². The molecule has 36 heavy (non-hydrogen) atoms. The number of carbonyl (C=O) groups excluding carboxylic acids is 1. The van der Waals surface area contributed by atoms with E-state index in [1.165, 1.54) is 17.4 Å². The molecule has 2 fully saturated rings. The van der Waals surface area contributed by atoms with Crippen LogP contribution in [0.5, 0.6) is 5.75 Å². The fourth-order valence-electron chi connectivity index (χ4n) is 6.05. The molecule has 0 bridgehead atoms. The Hall–Kier alpha value is -3.50. The zero-order valence-corrected chi connectivity index (χ0v) is 20.8. The third kappa shape index (κ3) is 3.90. The third-order valence-electron chi connectivity index (χ3n) is 8.09. The van der Waals surface area contributed by atoms with Gasteiger partial charge in [-0.2, -0.15) is 10.2 Å². The van der Waals surface area contributed by atoms with Crippen LogP contribution in [0.15, 0.2) is 40.9 Å². The van der Waals surface area contributed by atoms with E-state index in [4.69, 9.17) is 14.2 Å². The molecular weight excluding hydrogens is 452 g/mol. The summed E-state index contributed by atoms with van der Waals surface area (Å²) in [4.78, 5) is 18.7. The van der Waals surface area contributed by atoms with Crippen molar-refractivity contribution in [3.8, 4) is 34.7 Å². The number of nitriles is 1. The summed E-state index contributed by atoms with van der Waals surface area (Å²) in [5.74, 6) is 1.51. The number of carbonyl (C=O) groups is 1. The largest absolute Gasteiger partial charge is 0.490 e. The highest BCUT2D eigenvalue weighted by Crippen LogP contribution is 2.50. The van der Waals surface area contributed by atoms with Crippen LogP contribution in [0.1, 0.15) is 56.2 Å². The first-order valence-corrected chi connectivity index (χ1v) is 12.8. The zero-order valence-electron chi connectivity index (χ0n) is 20.8. The van der Waals surface area contributed by atoms with Crippen molar-refractivity contribution in [2.45, 2.75) is 57.5 Å². The maximum absolute atomic E-state index is 11.5. The van der Waals surface area contributed by atoms with Crippen LogP contribution >= 0.6 is 0 Å². The Balaban J connectivity index is 1.26. The minimum atomic E-state index is -0.0830. The van der Waals surface area contributed by atoms with Crippen molar-refractivity contribution in [3.05, 3.63) is 53.1 Å². The first-order chi connectivity index (χ1) is 17.4. The molecule has 1 saturated heterocycles. The molecule has 7 nitrogen and oxygen atoms in total. The van der Waals surface area contributed by atoms with Crippen molar-refractivity contribution in [2.75, 3.05) is 19.6 Å². The van der Waals surface area contributed by atoms with Gasteiger partial charge in [-0.25, -0.2) is 0 Å². The molecule has 1 saturated carbocycles. The minimum absolute atomic E-state index is 0.0202. The summed E-state index contributed by atoms with van der Waals surface area (Å²) in [5, 5.41) is 13.9. The molecular formula is C29H30N4O3. The van der Waals surface area contributed by atoms with E-state index in [2.05, 4.69) is 34.3 Å². The summed E-state index contributed by atoms with van der Waals surface area (Å²) in [5.41, 5.74) is 4.92. The quantitative estimate of drug-likeness (QED) is 0.441. The summed E-state index contributed by atoms with van der Waals surface area (Å²) in [6.45, 7) is 6.81. The number of hydrogen-bond acceptors (Lipinski definition) is 7. The van der Waals surface area contributed by atoms with E-state index in [9.17, 15) is 10.1 Å². The van der Waals surface area contributed by atoms with Crippen LogP contribution in [-0.4, -0.2) is 47.1 Å². The van der Waals surface area contributed by atoms with E-state index in [-0.39, 0.29) is 16.9 Å². The van der Waals surface area contributed by atoms with Crippen LogP contribution in [0.3, 0.4) is 0 Å². The maximum Gasteiger partial charge on any atom is 0.258 e. The van der Waals surface area contributed by atoms with E-state index in [1.54, 1.807) is 12.1 Å². The summed E-state index contributed by atoms with van der Waals surface area (Å²) in [6.07, 6.45) is 6.44. The predicted octanol–water partition coefficient (Wildman–Crippen LogP) is 4.93. The van der Waals surface area contributed by atoms with Crippen molar-refractivity contribution in [1.29, 1.82) is 5.26 Å².